The minimum absolute atomic E-state index is 0.0269. The van der Waals surface area contributed by atoms with Crippen molar-refractivity contribution in [2.75, 3.05) is 6.61 Å². The number of hydrogen-bond donors (Lipinski definition) is 2. The maximum absolute atomic E-state index is 10.1. The van der Waals surface area contributed by atoms with E-state index in [1.165, 1.54) is 0 Å². The summed E-state index contributed by atoms with van der Waals surface area (Å²) in [4.78, 5) is 0. The number of aliphatic hydroxyl groups is 2. The fraction of sp³-hybridized carbons (Fsp3) is 0.833. The van der Waals surface area contributed by atoms with E-state index >= 15 is 0 Å². The van der Waals surface area contributed by atoms with Gasteiger partial charge in [-0.2, -0.15) is 0 Å². The molecule has 86 valence electrons. The minimum atomic E-state index is -0.331. The van der Waals surface area contributed by atoms with Crippen LogP contribution in [0.5, 0.6) is 0 Å². The van der Waals surface area contributed by atoms with Crippen molar-refractivity contribution in [3.8, 4) is 0 Å². The van der Waals surface area contributed by atoms with E-state index in [0.29, 0.717) is 0 Å². The second-order valence-corrected chi connectivity index (χ2v) is 4.58. The van der Waals surface area contributed by atoms with Crippen molar-refractivity contribution in [1.82, 2.24) is 0 Å². The summed E-state index contributed by atoms with van der Waals surface area (Å²) >= 11 is 0. The second-order valence-electron chi connectivity index (χ2n) is 4.58. The standard InChI is InChI=1S/C12H20O3/c1-2-3-4-9(14)12-8(7-13)10-5-6-11(12)15-10/h5-6,8-14H,2-4,7H2,1H3/t8-,9-,10-,11+,12+/m0/s1. The minimum Gasteiger partial charge on any atom is -0.396 e. The molecule has 1 saturated heterocycles. The van der Waals surface area contributed by atoms with E-state index in [9.17, 15) is 10.2 Å². The molecule has 0 aromatic heterocycles. The van der Waals surface area contributed by atoms with E-state index in [1.807, 2.05) is 12.2 Å². The summed E-state index contributed by atoms with van der Waals surface area (Å²) in [7, 11) is 0. The zero-order valence-corrected chi connectivity index (χ0v) is 9.17. The van der Waals surface area contributed by atoms with Crippen molar-refractivity contribution in [2.45, 2.75) is 44.5 Å². The highest BCUT2D eigenvalue weighted by Gasteiger charge is 2.48. The molecule has 2 bridgehead atoms. The summed E-state index contributed by atoms with van der Waals surface area (Å²) in [5.41, 5.74) is 0. The van der Waals surface area contributed by atoms with E-state index in [1.54, 1.807) is 0 Å². The highest BCUT2D eigenvalue weighted by Crippen LogP contribution is 2.41. The Kier molecular flexibility index (Phi) is 3.44. The molecule has 2 aliphatic rings. The van der Waals surface area contributed by atoms with E-state index in [0.717, 1.165) is 19.3 Å². The molecule has 3 nitrogen and oxygen atoms in total. The van der Waals surface area contributed by atoms with Gasteiger partial charge >= 0.3 is 0 Å². The predicted octanol–water partition coefficient (Wildman–Crippen LogP) is 1.10. The first-order chi connectivity index (χ1) is 7.27. The summed E-state index contributed by atoms with van der Waals surface area (Å²) in [6.07, 6.45) is 6.71. The normalized spacial score (nSPS) is 39.9. The fourth-order valence-electron chi connectivity index (χ4n) is 2.75. The van der Waals surface area contributed by atoms with Crippen molar-refractivity contribution in [3.05, 3.63) is 12.2 Å². The van der Waals surface area contributed by atoms with Crippen LogP contribution in [0.15, 0.2) is 12.2 Å². The van der Waals surface area contributed by atoms with E-state index in [-0.39, 0.29) is 36.8 Å². The number of hydrogen-bond acceptors (Lipinski definition) is 3. The SMILES string of the molecule is CCCC[C@H](O)[C@H]1[C@@H](CO)[C@@H]2C=C[C@H]1O2. The molecule has 3 heteroatoms. The summed E-state index contributed by atoms with van der Waals surface area (Å²) in [6.45, 7) is 2.23. The van der Waals surface area contributed by atoms with Crippen molar-refractivity contribution < 1.29 is 14.9 Å². The Labute approximate surface area is 90.8 Å². The van der Waals surface area contributed by atoms with E-state index in [2.05, 4.69) is 6.92 Å². The monoisotopic (exact) mass is 212 g/mol. The van der Waals surface area contributed by atoms with Gasteiger partial charge in [-0.25, -0.2) is 0 Å². The molecule has 1 fully saturated rings. The van der Waals surface area contributed by atoms with Gasteiger partial charge in [0.05, 0.1) is 18.3 Å². The summed E-state index contributed by atoms with van der Waals surface area (Å²) in [5.74, 6) is 0.184. The van der Waals surface area contributed by atoms with Gasteiger partial charge in [0.15, 0.2) is 0 Å². The predicted molar refractivity (Wildman–Crippen MR) is 57.4 cm³/mol. The summed E-state index contributed by atoms with van der Waals surface area (Å²) < 4.78 is 5.66. The third-order valence-corrected chi connectivity index (χ3v) is 3.61. The molecule has 0 aliphatic carbocycles. The van der Waals surface area contributed by atoms with Crippen LogP contribution in [0.3, 0.4) is 0 Å². The van der Waals surface area contributed by atoms with Crippen LogP contribution < -0.4 is 0 Å². The average molecular weight is 212 g/mol. The van der Waals surface area contributed by atoms with E-state index in [4.69, 9.17) is 4.74 Å². The van der Waals surface area contributed by atoms with Gasteiger partial charge in [0, 0.05) is 18.4 Å². The molecule has 2 rings (SSSR count). The molecule has 5 atom stereocenters. The molecule has 0 radical (unpaired) electrons. The molecule has 0 aromatic carbocycles. The van der Waals surface area contributed by atoms with Crippen LogP contribution in [-0.2, 0) is 4.74 Å². The van der Waals surface area contributed by atoms with Gasteiger partial charge < -0.3 is 14.9 Å². The Morgan fingerprint density at radius 1 is 1.33 bits per heavy atom. The molecule has 2 heterocycles. The summed E-state index contributed by atoms with van der Waals surface area (Å²) in [6, 6.07) is 0. The number of aliphatic hydroxyl groups excluding tert-OH is 2. The van der Waals surface area contributed by atoms with Gasteiger partial charge in [-0.1, -0.05) is 31.9 Å². The Hall–Kier alpha value is -0.380. The topological polar surface area (TPSA) is 49.7 Å². The smallest absolute Gasteiger partial charge is 0.0822 e. The third-order valence-electron chi connectivity index (χ3n) is 3.61. The molecule has 2 N–H and O–H groups in total. The maximum atomic E-state index is 10.1. The largest absolute Gasteiger partial charge is 0.396 e. The zero-order chi connectivity index (χ0) is 10.8. The van der Waals surface area contributed by atoms with Gasteiger partial charge in [-0.05, 0) is 6.42 Å². The summed E-state index contributed by atoms with van der Waals surface area (Å²) in [5, 5.41) is 19.4. The Morgan fingerprint density at radius 2 is 2.07 bits per heavy atom. The molecular weight excluding hydrogens is 192 g/mol. The van der Waals surface area contributed by atoms with Gasteiger partial charge in [-0.15, -0.1) is 0 Å². The van der Waals surface area contributed by atoms with Crippen LogP contribution in [-0.4, -0.2) is 35.1 Å². The van der Waals surface area contributed by atoms with Crippen molar-refractivity contribution in [3.63, 3.8) is 0 Å². The molecule has 15 heavy (non-hydrogen) atoms. The van der Waals surface area contributed by atoms with Crippen molar-refractivity contribution in [1.29, 1.82) is 0 Å². The lowest BCUT2D eigenvalue weighted by atomic mass is 9.78. The first kappa shape index (κ1) is 11.1. The van der Waals surface area contributed by atoms with Gasteiger partial charge in [0.25, 0.3) is 0 Å². The average Bonchev–Trinajstić information content (AvgIpc) is 2.84. The molecule has 2 aliphatic heterocycles. The van der Waals surface area contributed by atoms with E-state index < -0.39 is 0 Å². The van der Waals surface area contributed by atoms with Crippen molar-refractivity contribution >= 4 is 0 Å². The molecular formula is C12H20O3. The second kappa shape index (κ2) is 4.64. The third kappa shape index (κ3) is 1.96. The van der Waals surface area contributed by atoms with Crippen LogP contribution in [0, 0.1) is 11.8 Å². The number of unbranched alkanes of at least 4 members (excludes halogenated alkanes) is 1. The molecule has 0 spiro atoms. The lowest BCUT2D eigenvalue weighted by Crippen LogP contribution is -2.36. The lowest BCUT2D eigenvalue weighted by molar-refractivity contribution is 0.0404. The fourth-order valence-corrected chi connectivity index (χ4v) is 2.75. The van der Waals surface area contributed by atoms with Crippen molar-refractivity contribution in [2.24, 2.45) is 11.8 Å². The Bertz CT molecular complexity index is 239. The number of ether oxygens (including phenoxy) is 1. The van der Waals surface area contributed by atoms with Crippen LogP contribution >= 0.6 is 0 Å². The first-order valence-corrected chi connectivity index (χ1v) is 5.90. The van der Waals surface area contributed by atoms with Crippen LogP contribution in [0.25, 0.3) is 0 Å². The quantitative estimate of drug-likeness (QED) is 0.671. The zero-order valence-electron chi connectivity index (χ0n) is 9.17. The van der Waals surface area contributed by atoms with Crippen LogP contribution in [0.4, 0.5) is 0 Å². The van der Waals surface area contributed by atoms with Gasteiger partial charge in [0.2, 0.25) is 0 Å². The van der Waals surface area contributed by atoms with Gasteiger partial charge in [-0.3, -0.25) is 0 Å². The first-order valence-electron chi connectivity index (χ1n) is 5.90. The van der Waals surface area contributed by atoms with Crippen LogP contribution in [0.1, 0.15) is 26.2 Å². The molecule has 0 saturated carbocycles. The Morgan fingerprint density at radius 3 is 2.73 bits per heavy atom. The number of rotatable bonds is 5. The maximum Gasteiger partial charge on any atom is 0.0822 e. The highest BCUT2D eigenvalue weighted by atomic mass is 16.5. The molecule has 0 aromatic rings. The van der Waals surface area contributed by atoms with Gasteiger partial charge in [0.1, 0.15) is 0 Å². The molecule has 0 unspecified atom stereocenters. The Balaban J connectivity index is 1.98. The number of fused-ring (bicyclic) bond motifs is 2. The molecule has 0 amide bonds. The van der Waals surface area contributed by atoms with Crippen LogP contribution in [0.2, 0.25) is 0 Å². The lowest BCUT2D eigenvalue weighted by Gasteiger charge is -2.27. The highest BCUT2D eigenvalue weighted by molar-refractivity contribution is 5.15.